The van der Waals surface area contributed by atoms with E-state index >= 15 is 0 Å². The van der Waals surface area contributed by atoms with Crippen LogP contribution in [-0.2, 0) is 13.0 Å². The van der Waals surface area contributed by atoms with Crippen LogP contribution in [0.25, 0.3) is 0 Å². The molecule has 1 rings (SSSR count). The van der Waals surface area contributed by atoms with Crippen LogP contribution in [0.3, 0.4) is 0 Å². The first-order valence-corrected chi connectivity index (χ1v) is 8.36. The minimum atomic E-state index is 0.669. The lowest BCUT2D eigenvalue weighted by Crippen LogP contribution is -2.36. The summed E-state index contributed by atoms with van der Waals surface area (Å²) < 4.78 is 0. The largest absolute Gasteiger partial charge is 0.330 e. The van der Waals surface area contributed by atoms with E-state index in [0.29, 0.717) is 18.5 Å². The summed E-state index contributed by atoms with van der Waals surface area (Å²) in [5.74, 6) is 0.697. The second-order valence-electron chi connectivity index (χ2n) is 5.56. The van der Waals surface area contributed by atoms with Crippen molar-refractivity contribution in [2.45, 2.75) is 59.5 Å². The van der Waals surface area contributed by atoms with Crippen molar-refractivity contribution < 1.29 is 0 Å². The van der Waals surface area contributed by atoms with E-state index in [1.807, 2.05) is 0 Å². The Morgan fingerprint density at radius 2 is 2.00 bits per heavy atom. The number of hydrogen-bond acceptors (Lipinski definition) is 4. The van der Waals surface area contributed by atoms with Crippen LogP contribution in [0.2, 0.25) is 0 Å². The first-order valence-electron chi connectivity index (χ1n) is 7.48. The molecule has 0 bridgehead atoms. The van der Waals surface area contributed by atoms with Gasteiger partial charge in [0.2, 0.25) is 0 Å². The maximum absolute atomic E-state index is 5.58. The first kappa shape index (κ1) is 16.6. The highest BCUT2D eigenvalue weighted by Gasteiger charge is 2.17. The third kappa shape index (κ3) is 5.59. The summed E-state index contributed by atoms with van der Waals surface area (Å²) in [4.78, 5) is 7.28. The molecule has 0 amide bonds. The van der Waals surface area contributed by atoms with Crippen LogP contribution in [0.4, 0.5) is 0 Å². The van der Waals surface area contributed by atoms with E-state index in [4.69, 9.17) is 10.7 Å². The topological polar surface area (TPSA) is 42.1 Å². The highest BCUT2D eigenvalue weighted by molar-refractivity contribution is 7.09. The maximum Gasteiger partial charge on any atom is 0.0941 e. The number of nitrogens with zero attached hydrogens (tertiary/aromatic N) is 2. The van der Waals surface area contributed by atoms with Gasteiger partial charge in [-0.25, -0.2) is 4.98 Å². The summed E-state index contributed by atoms with van der Waals surface area (Å²) in [6, 6.07) is 0.669. The number of nitrogens with two attached hydrogens (primary N) is 1. The van der Waals surface area contributed by atoms with Crippen LogP contribution in [0, 0.1) is 5.92 Å². The fraction of sp³-hybridized carbons (Fsp3) is 0.800. The maximum atomic E-state index is 5.58. The van der Waals surface area contributed by atoms with Gasteiger partial charge in [0.25, 0.3) is 0 Å². The Morgan fingerprint density at radius 3 is 2.53 bits per heavy atom. The number of aromatic nitrogens is 1. The average Bonchev–Trinajstić information content (AvgIpc) is 2.78. The van der Waals surface area contributed by atoms with Crippen LogP contribution >= 0.6 is 11.3 Å². The predicted molar refractivity (Wildman–Crippen MR) is 84.5 cm³/mol. The van der Waals surface area contributed by atoms with Crippen LogP contribution in [0.15, 0.2) is 5.38 Å². The van der Waals surface area contributed by atoms with Crippen LogP contribution in [-0.4, -0.2) is 29.0 Å². The Balaban J connectivity index is 2.69. The molecule has 1 aromatic heterocycles. The molecule has 0 spiro atoms. The summed E-state index contributed by atoms with van der Waals surface area (Å²) in [5.41, 5.74) is 6.79. The average molecular weight is 283 g/mol. The molecule has 0 unspecified atom stereocenters. The Labute approximate surface area is 122 Å². The van der Waals surface area contributed by atoms with Crippen molar-refractivity contribution in [3.63, 3.8) is 0 Å². The zero-order chi connectivity index (χ0) is 14.3. The summed E-state index contributed by atoms with van der Waals surface area (Å²) in [6.45, 7) is 12.0. The van der Waals surface area contributed by atoms with Gasteiger partial charge in [0.1, 0.15) is 0 Å². The van der Waals surface area contributed by atoms with Gasteiger partial charge in [0.15, 0.2) is 0 Å². The third-order valence-corrected chi connectivity index (χ3v) is 4.34. The molecule has 0 aliphatic rings. The van der Waals surface area contributed by atoms with Crippen molar-refractivity contribution in [2.24, 2.45) is 11.7 Å². The molecule has 110 valence electrons. The Morgan fingerprint density at radius 1 is 1.32 bits per heavy atom. The predicted octanol–water partition coefficient (Wildman–Crippen LogP) is 3.29. The number of rotatable bonds is 9. The van der Waals surface area contributed by atoms with Crippen molar-refractivity contribution in [3.8, 4) is 0 Å². The van der Waals surface area contributed by atoms with Crippen molar-refractivity contribution in [1.29, 1.82) is 0 Å². The molecular formula is C15H29N3S. The standard InChI is InChI=1S/C15H29N3S/c1-5-14(6-2)18(9-12(3)4)10-13-11-19-15(17-13)7-8-16/h11-12,14H,5-10,16H2,1-4H3. The summed E-state index contributed by atoms with van der Waals surface area (Å²) in [7, 11) is 0. The second-order valence-corrected chi connectivity index (χ2v) is 6.51. The Kier molecular flexibility index (Phi) is 7.57. The lowest BCUT2D eigenvalue weighted by Gasteiger charge is -2.31. The lowest BCUT2D eigenvalue weighted by molar-refractivity contribution is 0.156. The molecule has 19 heavy (non-hydrogen) atoms. The highest BCUT2D eigenvalue weighted by atomic mass is 32.1. The van der Waals surface area contributed by atoms with E-state index in [0.717, 1.165) is 19.5 Å². The van der Waals surface area contributed by atoms with E-state index in [2.05, 4.69) is 38.0 Å². The molecule has 0 aliphatic carbocycles. The van der Waals surface area contributed by atoms with E-state index < -0.39 is 0 Å². The molecule has 0 aromatic carbocycles. The fourth-order valence-electron chi connectivity index (χ4n) is 2.48. The van der Waals surface area contributed by atoms with Crippen molar-refractivity contribution in [2.75, 3.05) is 13.1 Å². The summed E-state index contributed by atoms with van der Waals surface area (Å²) in [5, 5.41) is 3.37. The molecule has 0 atom stereocenters. The molecule has 4 heteroatoms. The summed E-state index contributed by atoms with van der Waals surface area (Å²) >= 11 is 1.74. The number of thiazole rings is 1. The monoisotopic (exact) mass is 283 g/mol. The Bertz CT molecular complexity index is 345. The minimum Gasteiger partial charge on any atom is -0.330 e. The zero-order valence-electron chi connectivity index (χ0n) is 12.9. The van der Waals surface area contributed by atoms with Gasteiger partial charge >= 0.3 is 0 Å². The molecule has 1 heterocycles. The van der Waals surface area contributed by atoms with E-state index in [1.54, 1.807) is 11.3 Å². The zero-order valence-corrected chi connectivity index (χ0v) is 13.7. The number of hydrogen-bond donors (Lipinski definition) is 1. The van der Waals surface area contributed by atoms with Gasteiger partial charge in [-0.05, 0) is 25.3 Å². The second kappa shape index (κ2) is 8.67. The minimum absolute atomic E-state index is 0.669. The van der Waals surface area contributed by atoms with Gasteiger partial charge < -0.3 is 5.73 Å². The van der Waals surface area contributed by atoms with Crippen molar-refractivity contribution in [1.82, 2.24) is 9.88 Å². The fourth-order valence-corrected chi connectivity index (χ4v) is 3.29. The van der Waals surface area contributed by atoms with Crippen LogP contribution in [0.5, 0.6) is 0 Å². The van der Waals surface area contributed by atoms with Gasteiger partial charge in [-0.2, -0.15) is 0 Å². The molecule has 1 aromatic rings. The van der Waals surface area contributed by atoms with Crippen LogP contribution in [0.1, 0.15) is 51.2 Å². The smallest absolute Gasteiger partial charge is 0.0941 e. The van der Waals surface area contributed by atoms with Gasteiger partial charge in [-0.3, -0.25) is 4.90 Å². The third-order valence-electron chi connectivity index (χ3n) is 3.38. The van der Waals surface area contributed by atoms with E-state index in [-0.39, 0.29) is 0 Å². The van der Waals surface area contributed by atoms with Gasteiger partial charge in [0.05, 0.1) is 10.7 Å². The molecule has 0 radical (unpaired) electrons. The molecule has 0 aliphatic heterocycles. The van der Waals surface area contributed by atoms with Crippen LogP contribution < -0.4 is 5.73 Å². The van der Waals surface area contributed by atoms with E-state index in [9.17, 15) is 0 Å². The first-order chi connectivity index (χ1) is 9.10. The lowest BCUT2D eigenvalue weighted by atomic mass is 10.1. The molecule has 0 fully saturated rings. The quantitative estimate of drug-likeness (QED) is 0.756. The molecule has 0 saturated heterocycles. The Hall–Kier alpha value is -0.450. The van der Waals surface area contributed by atoms with Crippen molar-refractivity contribution in [3.05, 3.63) is 16.1 Å². The molecule has 2 N–H and O–H groups in total. The molecule has 0 saturated carbocycles. The molecular weight excluding hydrogens is 254 g/mol. The molecule has 3 nitrogen and oxygen atoms in total. The van der Waals surface area contributed by atoms with Gasteiger partial charge in [-0.1, -0.05) is 27.7 Å². The normalized spacial score (nSPS) is 12.0. The van der Waals surface area contributed by atoms with Gasteiger partial charge in [0, 0.05) is 30.9 Å². The highest BCUT2D eigenvalue weighted by Crippen LogP contribution is 2.17. The SMILES string of the molecule is CCC(CC)N(Cc1csc(CCN)n1)CC(C)C. The van der Waals surface area contributed by atoms with E-state index in [1.165, 1.54) is 23.5 Å². The summed E-state index contributed by atoms with van der Waals surface area (Å²) in [6.07, 6.45) is 3.33. The van der Waals surface area contributed by atoms with Gasteiger partial charge in [-0.15, -0.1) is 11.3 Å². The van der Waals surface area contributed by atoms with Crippen molar-refractivity contribution >= 4 is 11.3 Å².